The Balaban J connectivity index is 2.24. The molecular formula is C15H13Cl2F. The van der Waals surface area contributed by atoms with Crippen molar-refractivity contribution in [1.82, 2.24) is 0 Å². The second-order valence-electron chi connectivity index (χ2n) is 4.29. The Morgan fingerprint density at radius 1 is 1.17 bits per heavy atom. The smallest absolute Gasteiger partial charge is 0.127 e. The zero-order valence-corrected chi connectivity index (χ0v) is 11.5. The van der Waals surface area contributed by atoms with Gasteiger partial charge in [0.05, 0.1) is 5.38 Å². The number of alkyl halides is 1. The van der Waals surface area contributed by atoms with Crippen molar-refractivity contribution in [3.05, 3.63) is 70.0 Å². The van der Waals surface area contributed by atoms with Crippen molar-refractivity contribution in [1.29, 1.82) is 0 Å². The van der Waals surface area contributed by atoms with Gasteiger partial charge in [-0.25, -0.2) is 4.39 Å². The lowest BCUT2D eigenvalue weighted by Gasteiger charge is -2.12. The van der Waals surface area contributed by atoms with E-state index in [1.807, 2.05) is 31.2 Å². The zero-order valence-electron chi connectivity index (χ0n) is 9.96. The first-order valence-corrected chi connectivity index (χ1v) is 6.53. The predicted octanol–water partition coefficient (Wildman–Crippen LogP) is 5.31. The van der Waals surface area contributed by atoms with Crippen molar-refractivity contribution in [2.24, 2.45) is 0 Å². The van der Waals surface area contributed by atoms with Crippen molar-refractivity contribution < 1.29 is 4.39 Å². The Bertz CT molecular complexity index is 532. The van der Waals surface area contributed by atoms with Gasteiger partial charge in [0.15, 0.2) is 0 Å². The topological polar surface area (TPSA) is 0 Å². The molecule has 0 amide bonds. The summed E-state index contributed by atoms with van der Waals surface area (Å²) in [4.78, 5) is 0. The van der Waals surface area contributed by atoms with Crippen LogP contribution in [0, 0.1) is 12.7 Å². The van der Waals surface area contributed by atoms with E-state index in [0.717, 1.165) is 11.1 Å². The van der Waals surface area contributed by atoms with Crippen molar-refractivity contribution in [3.8, 4) is 0 Å². The second-order valence-corrected chi connectivity index (χ2v) is 5.22. The summed E-state index contributed by atoms with van der Waals surface area (Å²) in [6.07, 6.45) is 0.385. The highest BCUT2D eigenvalue weighted by molar-refractivity contribution is 6.31. The lowest BCUT2D eigenvalue weighted by atomic mass is 10.0. The molecule has 0 bridgehead atoms. The lowest BCUT2D eigenvalue weighted by Crippen LogP contribution is -1.99. The van der Waals surface area contributed by atoms with Crippen LogP contribution in [-0.4, -0.2) is 0 Å². The van der Waals surface area contributed by atoms with E-state index in [0.29, 0.717) is 17.0 Å². The monoisotopic (exact) mass is 282 g/mol. The zero-order chi connectivity index (χ0) is 13.1. The van der Waals surface area contributed by atoms with Crippen LogP contribution in [0.5, 0.6) is 0 Å². The van der Waals surface area contributed by atoms with Crippen LogP contribution in [0.25, 0.3) is 0 Å². The summed E-state index contributed by atoms with van der Waals surface area (Å²) in [5.74, 6) is -0.305. The fourth-order valence-electron chi connectivity index (χ4n) is 1.89. The maximum atomic E-state index is 13.7. The third-order valence-electron chi connectivity index (χ3n) is 2.85. The summed E-state index contributed by atoms with van der Waals surface area (Å²) in [5, 5.41) is 0.146. The standard InChI is InChI=1S/C15H13Cl2F/c1-10-4-2-5-11(8-10)14(17)9-12-13(16)6-3-7-15(12)18/h2-8,14H,9H2,1H3. The molecule has 0 aliphatic heterocycles. The number of aryl methyl sites for hydroxylation is 1. The molecule has 0 N–H and O–H groups in total. The largest absolute Gasteiger partial charge is 0.207 e. The SMILES string of the molecule is Cc1cccc(C(Cl)Cc2c(F)cccc2Cl)c1. The van der Waals surface area contributed by atoms with E-state index in [9.17, 15) is 4.39 Å². The molecule has 0 radical (unpaired) electrons. The van der Waals surface area contributed by atoms with E-state index in [1.54, 1.807) is 12.1 Å². The summed E-state index contributed by atoms with van der Waals surface area (Å²) < 4.78 is 13.7. The van der Waals surface area contributed by atoms with E-state index in [2.05, 4.69) is 0 Å². The third-order valence-corrected chi connectivity index (χ3v) is 3.61. The number of rotatable bonds is 3. The molecule has 0 spiro atoms. The van der Waals surface area contributed by atoms with Crippen LogP contribution in [0.15, 0.2) is 42.5 Å². The van der Waals surface area contributed by atoms with Gasteiger partial charge < -0.3 is 0 Å². The molecule has 0 saturated heterocycles. The van der Waals surface area contributed by atoms with Gasteiger partial charge in [0, 0.05) is 10.6 Å². The van der Waals surface area contributed by atoms with Crippen molar-refractivity contribution >= 4 is 23.2 Å². The van der Waals surface area contributed by atoms with Gasteiger partial charge in [-0.1, -0.05) is 47.5 Å². The second kappa shape index (κ2) is 5.73. The first-order valence-electron chi connectivity index (χ1n) is 5.71. The van der Waals surface area contributed by atoms with Gasteiger partial charge in [-0.15, -0.1) is 11.6 Å². The van der Waals surface area contributed by atoms with Crippen LogP contribution >= 0.6 is 23.2 Å². The van der Waals surface area contributed by atoms with E-state index < -0.39 is 0 Å². The molecule has 2 aromatic rings. The summed E-state index contributed by atoms with van der Waals surface area (Å²) in [7, 11) is 0. The van der Waals surface area contributed by atoms with E-state index in [4.69, 9.17) is 23.2 Å². The van der Waals surface area contributed by atoms with Crippen LogP contribution in [0.1, 0.15) is 22.1 Å². The lowest BCUT2D eigenvalue weighted by molar-refractivity contribution is 0.607. The number of hydrogen-bond donors (Lipinski definition) is 0. The van der Waals surface area contributed by atoms with Gasteiger partial charge in [0.1, 0.15) is 5.82 Å². The van der Waals surface area contributed by atoms with E-state index in [1.165, 1.54) is 6.07 Å². The number of benzene rings is 2. The maximum Gasteiger partial charge on any atom is 0.127 e. The van der Waals surface area contributed by atoms with E-state index in [-0.39, 0.29) is 11.2 Å². The predicted molar refractivity (Wildman–Crippen MR) is 74.9 cm³/mol. The highest BCUT2D eigenvalue weighted by atomic mass is 35.5. The quantitative estimate of drug-likeness (QED) is 0.669. The molecule has 94 valence electrons. The highest BCUT2D eigenvalue weighted by Crippen LogP contribution is 2.30. The first-order chi connectivity index (χ1) is 8.58. The Hall–Kier alpha value is -1.05. The van der Waals surface area contributed by atoms with Crippen LogP contribution in [0.2, 0.25) is 5.02 Å². The van der Waals surface area contributed by atoms with Gasteiger partial charge in [0.2, 0.25) is 0 Å². The van der Waals surface area contributed by atoms with Crippen molar-refractivity contribution in [3.63, 3.8) is 0 Å². The molecule has 3 heteroatoms. The summed E-state index contributed by atoms with van der Waals surface area (Å²) in [6, 6.07) is 12.6. The summed E-state index contributed by atoms with van der Waals surface area (Å²) in [6.45, 7) is 2.00. The molecule has 0 fully saturated rings. The van der Waals surface area contributed by atoms with Crippen LogP contribution in [0.3, 0.4) is 0 Å². The Morgan fingerprint density at radius 3 is 2.56 bits per heavy atom. The minimum Gasteiger partial charge on any atom is -0.207 e. The molecule has 0 aliphatic carbocycles. The normalized spacial score (nSPS) is 12.4. The minimum atomic E-state index is -0.305. The Kier molecular flexibility index (Phi) is 4.26. The van der Waals surface area contributed by atoms with Gasteiger partial charge in [0.25, 0.3) is 0 Å². The van der Waals surface area contributed by atoms with Crippen molar-refractivity contribution in [2.75, 3.05) is 0 Å². The van der Waals surface area contributed by atoms with Gasteiger partial charge in [-0.3, -0.25) is 0 Å². The highest BCUT2D eigenvalue weighted by Gasteiger charge is 2.14. The summed E-state index contributed by atoms with van der Waals surface area (Å²) in [5.41, 5.74) is 2.59. The fourth-order valence-corrected chi connectivity index (χ4v) is 2.42. The maximum absolute atomic E-state index is 13.7. The molecular weight excluding hydrogens is 270 g/mol. The summed E-state index contributed by atoms with van der Waals surface area (Å²) >= 11 is 12.3. The van der Waals surface area contributed by atoms with Crippen LogP contribution in [0.4, 0.5) is 4.39 Å². The average Bonchev–Trinajstić information content (AvgIpc) is 2.34. The molecule has 0 aromatic heterocycles. The first kappa shape index (κ1) is 13.4. The molecule has 0 heterocycles. The van der Waals surface area contributed by atoms with Crippen LogP contribution in [-0.2, 0) is 6.42 Å². The van der Waals surface area contributed by atoms with Gasteiger partial charge in [-0.2, -0.15) is 0 Å². The molecule has 2 rings (SSSR count). The number of hydrogen-bond acceptors (Lipinski definition) is 0. The Morgan fingerprint density at radius 2 is 1.89 bits per heavy atom. The third kappa shape index (κ3) is 3.04. The van der Waals surface area contributed by atoms with Gasteiger partial charge >= 0.3 is 0 Å². The molecule has 18 heavy (non-hydrogen) atoms. The van der Waals surface area contributed by atoms with E-state index >= 15 is 0 Å². The molecule has 2 aromatic carbocycles. The van der Waals surface area contributed by atoms with Gasteiger partial charge in [-0.05, 0) is 31.0 Å². The van der Waals surface area contributed by atoms with Crippen LogP contribution < -0.4 is 0 Å². The fraction of sp³-hybridized carbons (Fsp3) is 0.200. The molecule has 1 unspecified atom stereocenters. The number of halogens is 3. The molecule has 0 aliphatic rings. The molecule has 0 saturated carbocycles. The molecule has 0 nitrogen and oxygen atoms in total. The van der Waals surface area contributed by atoms with Crippen molar-refractivity contribution in [2.45, 2.75) is 18.7 Å². The average molecular weight is 283 g/mol. The minimum absolute atomic E-state index is 0.278. The molecule has 1 atom stereocenters. The Labute approximate surface area is 116 Å².